The summed E-state index contributed by atoms with van der Waals surface area (Å²) in [6, 6.07) is 6.51. The third-order valence-electron chi connectivity index (χ3n) is 2.41. The molecule has 1 aromatic heterocycles. The van der Waals surface area contributed by atoms with Crippen molar-refractivity contribution in [2.45, 2.75) is 18.9 Å². The van der Waals surface area contributed by atoms with E-state index in [0.717, 1.165) is 23.5 Å². The zero-order valence-electron chi connectivity index (χ0n) is 7.96. The molecule has 0 aliphatic carbocycles. The molecule has 0 atom stereocenters. The van der Waals surface area contributed by atoms with Gasteiger partial charge in [0, 0.05) is 6.04 Å². The second-order valence-corrected chi connectivity index (χ2v) is 4.33. The van der Waals surface area contributed by atoms with Crippen LogP contribution in [0.2, 0.25) is 0 Å². The second kappa shape index (κ2) is 4.75. The molecule has 0 radical (unpaired) electrons. The number of nitrogens with zero attached hydrogens (tertiary/aromatic N) is 1. The summed E-state index contributed by atoms with van der Waals surface area (Å²) in [4.78, 5) is 4.35. The maximum Gasteiger partial charge on any atom is 0.127 e. The van der Waals surface area contributed by atoms with Gasteiger partial charge in [-0.15, -0.1) is 0 Å². The van der Waals surface area contributed by atoms with Gasteiger partial charge in [0.25, 0.3) is 0 Å². The first-order valence-corrected chi connectivity index (χ1v) is 5.74. The molecule has 3 nitrogen and oxygen atoms in total. The summed E-state index contributed by atoms with van der Waals surface area (Å²) in [5.74, 6) is 0.964. The lowest BCUT2D eigenvalue weighted by Gasteiger charge is -2.24. The van der Waals surface area contributed by atoms with Crippen LogP contribution >= 0.6 is 15.9 Å². The van der Waals surface area contributed by atoms with Crippen LogP contribution in [0.1, 0.15) is 12.8 Å². The first-order chi connectivity index (χ1) is 6.84. The highest BCUT2D eigenvalue weighted by molar-refractivity contribution is 9.10. The lowest BCUT2D eigenvalue weighted by atomic mass is 10.1. The van der Waals surface area contributed by atoms with Gasteiger partial charge < -0.3 is 10.6 Å². The maximum atomic E-state index is 4.35. The summed E-state index contributed by atoms with van der Waals surface area (Å²) >= 11 is 3.36. The summed E-state index contributed by atoms with van der Waals surface area (Å²) in [5.41, 5.74) is 0. The molecule has 1 saturated heterocycles. The molecule has 2 heterocycles. The van der Waals surface area contributed by atoms with Crippen molar-refractivity contribution >= 4 is 21.7 Å². The van der Waals surface area contributed by atoms with E-state index in [1.165, 1.54) is 12.8 Å². The molecule has 14 heavy (non-hydrogen) atoms. The van der Waals surface area contributed by atoms with Crippen molar-refractivity contribution in [2.75, 3.05) is 18.4 Å². The molecule has 1 fully saturated rings. The highest BCUT2D eigenvalue weighted by atomic mass is 79.9. The van der Waals surface area contributed by atoms with E-state index in [1.807, 2.05) is 18.2 Å². The summed E-state index contributed by atoms with van der Waals surface area (Å²) in [6.07, 6.45) is 2.35. The normalized spacial score (nSPS) is 18.1. The lowest BCUT2D eigenvalue weighted by molar-refractivity contribution is 0.478. The Bertz CT molecular complexity index is 297. The van der Waals surface area contributed by atoms with Gasteiger partial charge in [0.15, 0.2) is 0 Å². The number of hydrogen-bond donors (Lipinski definition) is 2. The van der Waals surface area contributed by atoms with Crippen molar-refractivity contribution < 1.29 is 0 Å². The van der Waals surface area contributed by atoms with Crippen LogP contribution in [0.5, 0.6) is 0 Å². The van der Waals surface area contributed by atoms with Crippen LogP contribution in [0.25, 0.3) is 0 Å². The van der Waals surface area contributed by atoms with Gasteiger partial charge >= 0.3 is 0 Å². The predicted molar refractivity (Wildman–Crippen MR) is 61.5 cm³/mol. The minimum atomic E-state index is 0.568. The van der Waals surface area contributed by atoms with E-state index in [2.05, 4.69) is 31.5 Å². The van der Waals surface area contributed by atoms with Crippen molar-refractivity contribution in [1.29, 1.82) is 0 Å². The number of pyridine rings is 1. The van der Waals surface area contributed by atoms with Crippen LogP contribution in [0.15, 0.2) is 22.8 Å². The van der Waals surface area contributed by atoms with E-state index in [-0.39, 0.29) is 0 Å². The number of anilines is 1. The number of nitrogens with one attached hydrogen (secondary N) is 2. The van der Waals surface area contributed by atoms with Crippen molar-refractivity contribution in [2.24, 2.45) is 0 Å². The third-order valence-corrected chi connectivity index (χ3v) is 2.85. The van der Waals surface area contributed by atoms with Crippen LogP contribution in [0.4, 0.5) is 5.82 Å². The zero-order chi connectivity index (χ0) is 9.80. The van der Waals surface area contributed by atoms with E-state index in [1.54, 1.807) is 0 Å². The van der Waals surface area contributed by atoms with E-state index in [9.17, 15) is 0 Å². The Balaban J connectivity index is 1.95. The van der Waals surface area contributed by atoms with Gasteiger partial charge in [0.1, 0.15) is 10.4 Å². The van der Waals surface area contributed by atoms with E-state index < -0.39 is 0 Å². The van der Waals surface area contributed by atoms with Gasteiger partial charge in [0.2, 0.25) is 0 Å². The molecule has 1 aromatic rings. The SMILES string of the molecule is Brc1cccc(NC2CCNCC2)n1. The summed E-state index contributed by atoms with van der Waals surface area (Å²) < 4.78 is 0.886. The van der Waals surface area contributed by atoms with Crippen molar-refractivity contribution in [3.63, 3.8) is 0 Å². The summed E-state index contributed by atoms with van der Waals surface area (Å²) in [7, 11) is 0. The predicted octanol–water partition coefficient (Wildman–Crippen LogP) is 2.01. The quantitative estimate of drug-likeness (QED) is 0.795. The average Bonchev–Trinajstić information content (AvgIpc) is 2.19. The number of piperidine rings is 1. The fourth-order valence-electron chi connectivity index (χ4n) is 1.66. The maximum absolute atomic E-state index is 4.35. The molecule has 2 N–H and O–H groups in total. The van der Waals surface area contributed by atoms with Gasteiger partial charge in [-0.05, 0) is 54.0 Å². The number of aromatic nitrogens is 1. The van der Waals surface area contributed by atoms with Gasteiger partial charge in [-0.25, -0.2) is 4.98 Å². The molecule has 4 heteroatoms. The van der Waals surface area contributed by atoms with Crippen molar-refractivity contribution in [3.8, 4) is 0 Å². The number of halogens is 1. The van der Waals surface area contributed by atoms with E-state index >= 15 is 0 Å². The topological polar surface area (TPSA) is 37.0 Å². The monoisotopic (exact) mass is 255 g/mol. The fraction of sp³-hybridized carbons (Fsp3) is 0.500. The van der Waals surface area contributed by atoms with Gasteiger partial charge in [-0.2, -0.15) is 0 Å². The molecule has 76 valence electrons. The molecule has 2 rings (SSSR count). The smallest absolute Gasteiger partial charge is 0.127 e. The molecular weight excluding hydrogens is 242 g/mol. The molecule has 1 aliphatic heterocycles. The van der Waals surface area contributed by atoms with Crippen LogP contribution in [-0.2, 0) is 0 Å². The molecule has 1 aliphatic rings. The average molecular weight is 256 g/mol. The standard InChI is InChI=1S/C10H14BrN3/c11-9-2-1-3-10(14-9)13-8-4-6-12-7-5-8/h1-3,8,12H,4-7H2,(H,13,14). The molecule has 0 unspecified atom stereocenters. The van der Waals surface area contributed by atoms with Crippen LogP contribution in [0, 0.1) is 0 Å². The largest absolute Gasteiger partial charge is 0.367 e. The minimum Gasteiger partial charge on any atom is -0.367 e. The highest BCUT2D eigenvalue weighted by Crippen LogP contribution is 2.14. The first kappa shape index (κ1) is 9.93. The lowest BCUT2D eigenvalue weighted by Crippen LogP contribution is -2.35. The fourth-order valence-corrected chi connectivity index (χ4v) is 2.01. The highest BCUT2D eigenvalue weighted by Gasteiger charge is 2.12. The molecule has 0 amide bonds. The Hall–Kier alpha value is -0.610. The Kier molecular flexibility index (Phi) is 3.37. The van der Waals surface area contributed by atoms with Crippen molar-refractivity contribution in [3.05, 3.63) is 22.8 Å². The minimum absolute atomic E-state index is 0.568. The first-order valence-electron chi connectivity index (χ1n) is 4.94. The van der Waals surface area contributed by atoms with E-state index in [0.29, 0.717) is 6.04 Å². The second-order valence-electron chi connectivity index (χ2n) is 3.51. The van der Waals surface area contributed by atoms with Crippen LogP contribution in [-0.4, -0.2) is 24.1 Å². The summed E-state index contributed by atoms with van der Waals surface area (Å²) in [6.45, 7) is 2.21. The number of rotatable bonds is 2. The summed E-state index contributed by atoms with van der Waals surface area (Å²) in [5, 5.41) is 6.78. The van der Waals surface area contributed by atoms with Gasteiger partial charge in [-0.3, -0.25) is 0 Å². The molecule has 0 spiro atoms. The molecule has 0 bridgehead atoms. The Labute approximate surface area is 92.4 Å². The van der Waals surface area contributed by atoms with Crippen LogP contribution < -0.4 is 10.6 Å². The van der Waals surface area contributed by atoms with Gasteiger partial charge in [0.05, 0.1) is 0 Å². The number of hydrogen-bond acceptors (Lipinski definition) is 3. The van der Waals surface area contributed by atoms with E-state index in [4.69, 9.17) is 0 Å². The van der Waals surface area contributed by atoms with Gasteiger partial charge in [-0.1, -0.05) is 6.07 Å². The Morgan fingerprint density at radius 3 is 2.86 bits per heavy atom. The third kappa shape index (κ3) is 2.69. The molecule has 0 saturated carbocycles. The Morgan fingerprint density at radius 1 is 1.36 bits per heavy atom. The van der Waals surface area contributed by atoms with Crippen molar-refractivity contribution in [1.82, 2.24) is 10.3 Å². The zero-order valence-corrected chi connectivity index (χ0v) is 9.55. The molecular formula is C10H14BrN3. The molecule has 0 aromatic carbocycles. The van der Waals surface area contributed by atoms with Crippen LogP contribution in [0.3, 0.4) is 0 Å². The Morgan fingerprint density at radius 2 is 2.14 bits per heavy atom.